The Labute approximate surface area is 100 Å². The average molecular weight is 234 g/mol. The highest BCUT2D eigenvalue weighted by Crippen LogP contribution is 2.31. The van der Waals surface area contributed by atoms with Gasteiger partial charge < -0.3 is 15.2 Å². The number of nitrogens with zero attached hydrogens (tertiary/aromatic N) is 2. The fourth-order valence-electron chi connectivity index (χ4n) is 2.52. The van der Waals surface area contributed by atoms with Crippen molar-refractivity contribution in [3.8, 4) is 0 Å². The second-order valence-electron chi connectivity index (χ2n) is 5.03. The Kier molecular flexibility index (Phi) is 2.84. The van der Waals surface area contributed by atoms with Crippen LogP contribution in [0.15, 0.2) is 17.2 Å². The summed E-state index contributed by atoms with van der Waals surface area (Å²) in [7, 11) is 0. The molecule has 0 bridgehead atoms. The van der Waals surface area contributed by atoms with Crippen LogP contribution in [0.3, 0.4) is 0 Å². The Morgan fingerprint density at radius 1 is 1.47 bits per heavy atom. The zero-order valence-corrected chi connectivity index (χ0v) is 9.85. The number of hydrogen-bond donors (Lipinski definition) is 2. The third-order valence-electron chi connectivity index (χ3n) is 3.65. The number of hydrogen-bond acceptors (Lipinski definition) is 4. The summed E-state index contributed by atoms with van der Waals surface area (Å²) in [6.07, 6.45) is 7.14. The minimum Gasteiger partial charge on any atom is -0.365 e. The molecule has 2 aliphatic rings. The molecule has 1 aromatic heterocycles. The van der Waals surface area contributed by atoms with E-state index >= 15 is 0 Å². The Bertz CT molecular complexity index is 440. The third kappa shape index (κ3) is 2.49. The van der Waals surface area contributed by atoms with Gasteiger partial charge >= 0.3 is 0 Å². The van der Waals surface area contributed by atoms with Gasteiger partial charge in [0.2, 0.25) is 0 Å². The van der Waals surface area contributed by atoms with E-state index in [1.807, 2.05) is 0 Å². The van der Waals surface area contributed by atoms with E-state index < -0.39 is 0 Å². The maximum Gasteiger partial charge on any atom is 0.290 e. The minimum atomic E-state index is -0.135. The van der Waals surface area contributed by atoms with Gasteiger partial charge in [0.15, 0.2) is 5.82 Å². The SMILES string of the molecule is O=c1[nH]ccnc1NCC1CCN(C2CC2)C1. The van der Waals surface area contributed by atoms with Crippen LogP contribution >= 0.6 is 0 Å². The first-order chi connectivity index (χ1) is 8.33. The van der Waals surface area contributed by atoms with Crippen LogP contribution in [0, 0.1) is 5.92 Å². The van der Waals surface area contributed by atoms with Crippen molar-refractivity contribution in [3.05, 3.63) is 22.7 Å². The minimum absolute atomic E-state index is 0.135. The molecule has 3 rings (SSSR count). The molecule has 1 aromatic rings. The fourth-order valence-corrected chi connectivity index (χ4v) is 2.52. The summed E-state index contributed by atoms with van der Waals surface area (Å²) in [6.45, 7) is 3.24. The smallest absolute Gasteiger partial charge is 0.290 e. The maximum atomic E-state index is 11.4. The lowest BCUT2D eigenvalue weighted by atomic mass is 10.1. The summed E-state index contributed by atoms with van der Waals surface area (Å²) >= 11 is 0. The average Bonchev–Trinajstić information content (AvgIpc) is 3.08. The van der Waals surface area contributed by atoms with Gasteiger partial charge in [-0.15, -0.1) is 0 Å². The summed E-state index contributed by atoms with van der Waals surface area (Å²) in [5.41, 5.74) is -0.135. The van der Waals surface area contributed by atoms with Crippen LogP contribution in [-0.2, 0) is 0 Å². The van der Waals surface area contributed by atoms with Crippen LogP contribution in [0.4, 0.5) is 5.82 Å². The van der Waals surface area contributed by atoms with Gasteiger partial charge in [0.05, 0.1) is 0 Å². The van der Waals surface area contributed by atoms with Gasteiger partial charge in [-0.05, 0) is 31.7 Å². The number of H-pyrrole nitrogens is 1. The van der Waals surface area contributed by atoms with Crippen LogP contribution < -0.4 is 10.9 Å². The summed E-state index contributed by atoms with van der Waals surface area (Å²) in [4.78, 5) is 20.7. The van der Waals surface area contributed by atoms with E-state index in [9.17, 15) is 4.79 Å². The van der Waals surface area contributed by atoms with Gasteiger partial charge in [-0.25, -0.2) is 4.98 Å². The lowest BCUT2D eigenvalue weighted by Gasteiger charge is -2.15. The van der Waals surface area contributed by atoms with E-state index in [-0.39, 0.29) is 5.56 Å². The molecule has 1 aliphatic heterocycles. The van der Waals surface area contributed by atoms with E-state index in [1.165, 1.54) is 32.4 Å². The summed E-state index contributed by atoms with van der Waals surface area (Å²) in [6, 6.07) is 0.859. The summed E-state index contributed by atoms with van der Waals surface area (Å²) < 4.78 is 0. The molecule has 1 atom stereocenters. The zero-order valence-electron chi connectivity index (χ0n) is 9.85. The number of likely N-dealkylation sites (tertiary alicyclic amines) is 1. The molecule has 1 saturated carbocycles. The molecule has 2 fully saturated rings. The van der Waals surface area contributed by atoms with Crippen molar-refractivity contribution in [1.29, 1.82) is 0 Å². The van der Waals surface area contributed by atoms with Crippen molar-refractivity contribution < 1.29 is 0 Å². The molecule has 5 nitrogen and oxygen atoms in total. The highest BCUT2D eigenvalue weighted by Gasteiger charge is 2.34. The third-order valence-corrected chi connectivity index (χ3v) is 3.65. The summed E-state index contributed by atoms with van der Waals surface area (Å²) in [5, 5.41) is 3.15. The van der Waals surface area contributed by atoms with Crippen molar-refractivity contribution in [1.82, 2.24) is 14.9 Å². The van der Waals surface area contributed by atoms with E-state index in [0.717, 1.165) is 12.6 Å². The van der Waals surface area contributed by atoms with E-state index in [1.54, 1.807) is 12.4 Å². The monoisotopic (exact) mass is 234 g/mol. The lowest BCUT2D eigenvalue weighted by molar-refractivity contribution is 0.316. The molecule has 17 heavy (non-hydrogen) atoms. The number of aromatic nitrogens is 2. The topological polar surface area (TPSA) is 61.0 Å². The molecule has 0 radical (unpaired) electrons. The van der Waals surface area contributed by atoms with Gasteiger partial charge in [0.25, 0.3) is 5.56 Å². The van der Waals surface area contributed by atoms with Crippen molar-refractivity contribution in [2.45, 2.75) is 25.3 Å². The first-order valence-electron chi connectivity index (χ1n) is 6.34. The van der Waals surface area contributed by atoms with Crippen molar-refractivity contribution in [2.24, 2.45) is 5.92 Å². The molecule has 1 aliphatic carbocycles. The highest BCUT2D eigenvalue weighted by molar-refractivity contribution is 5.30. The maximum absolute atomic E-state index is 11.4. The van der Waals surface area contributed by atoms with Gasteiger partial charge in [0, 0.05) is 31.5 Å². The molecule has 2 N–H and O–H groups in total. The highest BCUT2D eigenvalue weighted by atomic mass is 16.1. The largest absolute Gasteiger partial charge is 0.365 e. The normalized spacial score (nSPS) is 25.1. The van der Waals surface area contributed by atoms with Crippen molar-refractivity contribution in [2.75, 3.05) is 25.0 Å². The standard InChI is InChI=1S/C12H18N4O/c17-12-11(13-4-5-14-12)15-7-9-3-6-16(8-9)10-1-2-10/h4-5,9-10H,1-3,6-8H2,(H,13,15)(H,14,17). The van der Waals surface area contributed by atoms with Gasteiger partial charge in [-0.3, -0.25) is 4.79 Å². The van der Waals surface area contributed by atoms with E-state index in [4.69, 9.17) is 0 Å². The van der Waals surface area contributed by atoms with Crippen LogP contribution in [0.1, 0.15) is 19.3 Å². The van der Waals surface area contributed by atoms with E-state index in [0.29, 0.717) is 11.7 Å². The predicted octanol–water partition coefficient (Wildman–Crippen LogP) is 0.666. The first-order valence-corrected chi connectivity index (χ1v) is 6.34. The molecule has 2 heterocycles. The molecule has 0 spiro atoms. The molecule has 1 saturated heterocycles. The predicted molar refractivity (Wildman–Crippen MR) is 66.0 cm³/mol. The lowest BCUT2D eigenvalue weighted by Crippen LogP contribution is -2.26. The Hall–Kier alpha value is -1.36. The fraction of sp³-hybridized carbons (Fsp3) is 0.667. The number of rotatable bonds is 4. The molecule has 1 unspecified atom stereocenters. The number of anilines is 1. The van der Waals surface area contributed by atoms with Gasteiger partial charge in [0.1, 0.15) is 0 Å². The Balaban J connectivity index is 1.51. The van der Waals surface area contributed by atoms with Gasteiger partial charge in [-0.2, -0.15) is 0 Å². The number of aromatic amines is 1. The Morgan fingerprint density at radius 2 is 2.35 bits per heavy atom. The first kappa shape index (κ1) is 10.8. The second-order valence-corrected chi connectivity index (χ2v) is 5.03. The van der Waals surface area contributed by atoms with Gasteiger partial charge in [-0.1, -0.05) is 0 Å². The van der Waals surface area contributed by atoms with Crippen LogP contribution in [0.25, 0.3) is 0 Å². The second kappa shape index (κ2) is 4.49. The summed E-state index contributed by atoms with van der Waals surface area (Å²) in [5.74, 6) is 1.09. The molecule has 0 aromatic carbocycles. The van der Waals surface area contributed by atoms with Crippen LogP contribution in [0.5, 0.6) is 0 Å². The molecular weight excluding hydrogens is 216 g/mol. The van der Waals surface area contributed by atoms with E-state index in [2.05, 4.69) is 20.2 Å². The molecular formula is C12H18N4O. The van der Waals surface area contributed by atoms with Crippen molar-refractivity contribution >= 4 is 5.82 Å². The molecule has 5 heteroatoms. The number of nitrogens with one attached hydrogen (secondary N) is 2. The van der Waals surface area contributed by atoms with Crippen LogP contribution in [0.2, 0.25) is 0 Å². The van der Waals surface area contributed by atoms with Crippen molar-refractivity contribution in [3.63, 3.8) is 0 Å². The molecule has 92 valence electrons. The van der Waals surface area contributed by atoms with Crippen LogP contribution in [-0.4, -0.2) is 40.5 Å². The quantitative estimate of drug-likeness (QED) is 0.803. The molecule has 0 amide bonds. The zero-order chi connectivity index (χ0) is 11.7. The Morgan fingerprint density at radius 3 is 3.12 bits per heavy atom.